The average Bonchev–Trinajstić information content (AvgIpc) is 3.18. The minimum absolute atomic E-state index is 0.139. The molecule has 162 valence electrons. The molecule has 1 saturated heterocycles. The first-order valence-electron chi connectivity index (χ1n) is 10.7. The fourth-order valence-corrected chi connectivity index (χ4v) is 4.31. The predicted octanol–water partition coefficient (Wildman–Crippen LogP) is 4.38. The molecule has 2 aromatic carbocycles. The van der Waals surface area contributed by atoms with Crippen molar-refractivity contribution in [3.63, 3.8) is 0 Å². The monoisotopic (exact) mass is 445 g/mol. The van der Waals surface area contributed by atoms with Gasteiger partial charge in [-0.25, -0.2) is 4.98 Å². The van der Waals surface area contributed by atoms with Gasteiger partial charge in [0.15, 0.2) is 5.65 Å². The van der Waals surface area contributed by atoms with Crippen LogP contribution < -0.4 is 0 Å². The topological polar surface area (TPSA) is 53.7 Å². The Morgan fingerprint density at radius 3 is 2.38 bits per heavy atom. The Hall–Kier alpha value is -3.22. The molecular formula is C25H24ClN5O. The van der Waals surface area contributed by atoms with Gasteiger partial charge in [0.25, 0.3) is 0 Å². The Morgan fingerprint density at radius 1 is 0.969 bits per heavy atom. The van der Waals surface area contributed by atoms with E-state index >= 15 is 0 Å². The van der Waals surface area contributed by atoms with Gasteiger partial charge >= 0.3 is 0 Å². The Labute approximate surface area is 192 Å². The van der Waals surface area contributed by atoms with E-state index in [2.05, 4.69) is 32.6 Å². The van der Waals surface area contributed by atoms with Gasteiger partial charge in [-0.05, 0) is 12.1 Å². The number of amides is 1. The maximum atomic E-state index is 11.7. The van der Waals surface area contributed by atoms with E-state index in [1.807, 2.05) is 53.6 Å². The first kappa shape index (κ1) is 20.7. The summed E-state index contributed by atoms with van der Waals surface area (Å²) in [7, 11) is 0. The van der Waals surface area contributed by atoms with Crippen LogP contribution in [0.25, 0.3) is 28.2 Å². The maximum Gasteiger partial charge on any atom is 0.219 e. The fraction of sp³-hybridized carbons (Fsp3) is 0.240. The number of halogens is 1. The van der Waals surface area contributed by atoms with Gasteiger partial charge in [-0.15, -0.1) is 0 Å². The molecule has 6 nitrogen and oxygen atoms in total. The second-order valence-electron chi connectivity index (χ2n) is 8.06. The molecule has 0 atom stereocenters. The Bertz CT molecular complexity index is 1240. The maximum absolute atomic E-state index is 11.7. The van der Waals surface area contributed by atoms with Crippen molar-refractivity contribution in [3.05, 3.63) is 77.7 Å². The zero-order valence-electron chi connectivity index (χ0n) is 17.9. The van der Waals surface area contributed by atoms with Gasteiger partial charge in [-0.2, -0.15) is 0 Å². The van der Waals surface area contributed by atoms with Gasteiger partial charge in [0.2, 0.25) is 5.91 Å². The van der Waals surface area contributed by atoms with Gasteiger partial charge < -0.3 is 4.90 Å². The van der Waals surface area contributed by atoms with Crippen LogP contribution in [0.1, 0.15) is 12.6 Å². The zero-order valence-corrected chi connectivity index (χ0v) is 18.7. The number of benzene rings is 2. The Morgan fingerprint density at radius 2 is 1.69 bits per heavy atom. The van der Waals surface area contributed by atoms with Crippen LogP contribution in [0.5, 0.6) is 0 Å². The van der Waals surface area contributed by atoms with E-state index in [0.717, 1.165) is 66.6 Å². The number of nitrogens with zero attached hydrogens (tertiary/aromatic N) is 5. The predicted molar refractivity (Wildman–Crippen MR) is 126 cm³/mol. The molecule has 0 radical (unpaired) electrons. The molecule has 0 saturated carbocycles. The lowest BCUT2D eigenvalue weighted by Gasteiger charge is -2.34. The highest BCUT2D eigenvalue weighted by atomic mass is 35.5. The minimum atomic E-state index is 0.139. The first-order valence-corrected chi connectivity index (χ1v) is 11.1. The van der Waals surface area contributed by atoms with Crippen LogP contribution in [-0.2, 0) is 11.3 Å². The molecule has 0 unspecified atom stereocenters. The molecule has 5 rings (SSSR count). The van der Waals surface area contributed by atoms with Crippen molar-refractivity contribution in [3.8, 4) is 22.5 Å². The summed E-state index contributed by atoms with van der Waals surface area (Å²) in [6.45, 7) is 5.55. The van der Waals surface area contributed by atoms with Gasteiger partial charge in [-0.1, -0.05) is 54.1 Å². The molecule has 0 spiro atoms. The molecule has 1 aliphatic rings. The number of imidazole rings is 1. The third kappa shape index (κ3) is 4.11. The van der Waals surface area contributed by atoms with E-state index in [1.54, 1.807) is 6.92 Å². The van der Waals surface area contributed by atoms with Crippen molar-refractivity contribution in [1.82, 2.24) is 24.2 Å². The van der Waals surface area contributed by atoms with Crippen LogP contribution in [0.4, 0.5) is 0 Å². The highest BCUT2D eigenvalue weighted by Gasteiger charge is 2.22. The SMILES string of the molecule is CC(=O)N1CCN(Cc2c(-c3ccc(Cl)cc3)nc3cnc(-c4ccccc4)cn23)CC1. The number of rotatable bonds is 4. The van der Waals surface area contributed by atoms with E-state index in [0.29, 0.717) is 5.02 Å². The highest BCUT2D eigenvalue weighted by molar-refractivity contribution is 6.30. The van der Waals surface area contributed by atoms with E-state index < -0.39 is 0 Å². The van der Waals surface area contributed by atoms with Crippen molar-refractivity contribution in [1.29, 1.82) is 0 Å². The molecule has 32 heavy (non-hydrogen) atoms. The van der Waals surface area contributed by atoms with Crippen molar-refractivity contribution >= 4 is 23.2 Å². The van der Waals surface area contributed by atoms with Gasteiger partial charge in [0.05, 0.1) is 23.3 Å². The molecule has 2 aromatic heterocycles. The van der Waals surface area contributed by atoms with Crippen LogP contribution in [-0.4, -0.2) is 56.3 Å². The number of hydrogen-bond donors (Lipinski definition) is 0. The number of hydrogen-bond acceptors (Lipinski definition) is 4. The molecule has 1 aliphatic heterocycles. The second-order valence-corrected chi connectivity index (χ2v) is 8.50. The summed E-state index contributed by atoms with van der Waals surface area (Å²) < 4.78 is 2.15. The standard InChI is InChI=1S/C25H24ClN5O/c1-18(32)30-13-11-29(12-14-30)17-23-25(20-7-9-21(26)10-8-20)28-24-15-27-22(16-31(23)24)19-5-3-2-4-6-19/h2-10,15-16H,11-14,17H2,1H3. The second kappa shape index (κ2) is 8.73. The van der Waals surface area contributed by atoms with Crippen LogP contribution in [0, 0.1) is 0 Å². The quantitative estimate of drug-likeness (QED) is 0.467. The van der Waals surface area contributed by atoms with E-state index in [-0.39, 0.29) is 5.91 Å². The molecule has 1 fully saturated rings. The van der Waals surface area contributed by atoms with E-state index in [9.17, 15) is 4.79 Å². The first-order chi connectivity index (χ1) is 15.6. The summed E-state index contributed by atoms with van der Waals surface area (Å²) >= 11 is 6.13. The lowest BCUT2D eigenvalue weighted by atomic mass is 10.1. The molecule has 4 aromatic rings. The number of fused-ring (bicyclic) bond motifs is 1. The number of carbonyl (C=O) groups excluding carboxylic acids is 1. The summed E-state index contributed by atoms with van der Waals surface area (Å²) in [6, 6.07) is 18.0. The lowest BCUT2D eigenvalue weighted by molar-refractivity contribution is -0.130. The van der Waals surface area contributed by atoms with Crippen molar-refractivity contribution < 1.29 is 4.79 Å². The lowest BCUT2D eigenvalue weighted by Crippen LogP contribution is -2.47. The highest BCUT2D eigenvalue weighted by Crippen LogP contribution is 2.28. The third-order valence-electron chi connectivity index (χ3n) is 5.99. The summed E-state index contributed by atoms with van der Waals surface area (Å²) in [6.07, 6.45) is 3.90. The molecule has 3 heterocycles. The van der Waals surface area contributed by atoms with Gasteiger partial charge in [0.1, 0.15) is 0 Å². The average molecular weight is 446 g/mol. The normalized spacial score (nSPS) is 14.8. The minimum Gasteiger partial charge on any atom is -0.340 e. The molecule has 0 N–H and O–H groups in total. The molecular weight excluding hydrogens is 422 g/mol. The molecule has 0 bridgehead atoms. The number of carbonyl (C=O) groups is 1. The Kier molecular flexibility index (Phi) is 5.64. The summed E-state index contributed by atoms with van der Waals surface area (Å²) in [4.78, 5) is 25.6. The van der Waals surface area contributed by atoms with Gasteiger partial charge in [-0.3, -0.25) is 19.1 Å². The summed E-state index contributed by atoms with van der Waals surface area (Å²) in [5, 5.41) is 0.701. The van der Waals surface area contributed by atoms with E-state index in [1.165, 1.54) is 0 Å². The largest absolute Gasteiger partial charge is 0.340 e. The van der Waals surface area contributed by atoms with Crippen LogP contribution in [0.3, 0.4) is 0 Å². The molecule has 0 aliphatic carbocycles. The van der Waals surface area contributed by atoms with Crippen LogP contribution in [0.15, 0.2) is 67.0 Å². The third-order valence-corrected chi connectivity index (χ3v) is 6.24. The van der Waals surface area contributed by atoms with Crippen molar-refractivity contribution in [2.45, 2.75) is 13.5 Å². The van der Waals surface area contributed by atoms with Crippen molar-refractivity contribution in [2.24, 2.45) is 0 Å². The van der Waals surface area contributed by atoms with E-state index in [4.69, 9.17) is 16.6 Å². The number of piperazine rings is 1. The molecule has 7 heteroatoms. The van der Waals surface area contributed by atoms with Crippen LogP contribution >= 0.6 is 11.6 Å². The van der Waals surface area contributed by atoms with Crippen LogP contribution in [0.2, 0.25) is 5.02 Å². The number of aromatic nitrogens is 3. The summed E-state index contributed by atoms with van der Waals surface area (Å²) in [5.41, 5.74) is 5.85. The molecule has 1 amide bonds. The van der Waals surface area contributed by atoms with Crippen molar-refractivity contribution in [2.75, 3.05) is 26.2 Å². The fourth-order valence-electron chi connectivity index (χ4n) is 4.18. The summed E-state index contributed by atoms with van der Waals surface area (Å²) in [5.74, 6) is 0.139. The smallest absolute Gasteiger partial charge is 0.219 e. The van der Waals surface area contributed by atoms with Gasteiger partial charge in [0, 0.05) is 62.0 Å². The Balaban J connectivity index is 1.56. The zero-order chi connectivity index (χ0) is 22.1.